The molecule has 3 atom stereocenters. The smallest absolute Gasteiger partial charge is 0.338 e. The number of amides is 4. The van der Waals surface area contributed by atoms with Gasteiger partial charge in [-0.05, 0) is 75.0 Å². The Morgan fingerprint density at radius 1 is 1.07 bits per heavy atom. The van der Waals surface area contributed by atoms with E-state index in [0.29, 0.717) is 12.3 Å². The molecule has 1 saturated heterocycles. The lowest BCUT2D eigenvalue weighted by Gasteiger charge is -2.37. The molecule has 42 heavy (non-hydrogen) atoms. The molecule has 10 nitrogen and oxygen atoms in total. The highest BCUT2D eigenvalue weighted by molar-refractivity contribution is 6.01. The summed E-state index contributed by atoms with van der Waals surface area (Å²) >= 11 is 0. The number of hydrogen-bond donors (Lipinski definition) is 2. The Labute approximate surface area is 243 Å². The predicted octanol–water partition coefficient (Wildman–Crippen LogP) is 4.01. The van der Waals surface area contributed by atoms with E-state index in [1.54, 1.807) is 0 Å². The number of rotatable bonds is 7. The van der Waals surface area contributed by atoms with Crippen molar-refractivity contribution in [2.24, 2.45) is 0 Å². The summed E-state index contributed by atoms with van der Waals surface area (Å²) in [5.41, 5.74) is 1.12. The van der Waals surface area contributed by atoms with Crippen LogP contribution in [0.3, 0.4) is 0 Å². The van der Waals surface area contributed by atoms with E-state index in [9.17, 15) is 23.2 Å². The number of esters is 1. The molecule has 224 valence electrons. The minimum Gasteiger partial charge on any atom is -0.466 e. The summed E-state index contributed by atoms with van der Waals surface area (Å²) in [6, 6.07) is 6.13. The maximum atomic E-state index is 14.3. The number of pyridine rings is 1. The van der Waals surface area contributed by atoms with Crippen molar-refractivity contribution in [3.8, 4) is 0 Å². The van der Waals surface area contributed by atoms with Crippen molar-refractivity contribution in [3.05, 3.63) is 76.8 Å². The Morgan fingerprint density at radius 2 is 1.86 bits per heavy atom. The molecule has 2 aliphatic heterocycles. The second-order valence-corrected chi connectivity index (χ2v) is 10.9. The SMILES string of the molecule is COCC1=C(C(=O)OC)[C@H](c2ccc(F)c(F)c2)N(C(=O)N[C@@H]2CC[C@@H](N3CCC(c4ccccn4)CC3)C2)C(=O)N1. The van der Waals surface area contributed by atoms with Gasteiger partial charge in [0.25, 0.3) is 0 Å². The molecule has 0 spiro atoms. The zero-order valence-corrected chi connectivity index (χ0v) is 23.6. The van der Waals surface area contributed by atoms with Crippen molar-refractivity contribution in [3.63, 3.8) is 0 Å². The van der Waals surface area contributed by atoms with E-state index in [2.05, 4.69) is 26.6 Å². The Hall–Kier alpha value is -3.90. The van der Waals surface area contributed by atoms with Crippen molar-refractivity contribution in [1.82, 2.24) is 25.4 Å². The molecule has 12 heteroatoms. The van der Waals surface area contributed by atoms with Crippen LogP contribution in [0.5, 0.6) is 0 Å². The lowest BCUT2D eigenvalue weighted by molar-refractivity contribution is -0.137. The zero-order valence-electron chi connectivity index (χ0n) is 23.6. The first-order valence-electron chi connectivity index (χ1n) is 14.1. The third-order valence-corrected chi connectivity index (χ3v) is 8.39. The molecule has 1 aromatic carbocycles. The molecule has 0 bridgehead atoms. The number of piperidine rings is 1. The number of urea groups is 2. The highest BCUT2D eigenvalue weighted by atomic mass is 19.2. The van der Waals surface area contributed by atoms with Crippen LogP contribution < -0.4 is 10.6 Å². The first-order valence-corrected chi connectivity index (χ1v) is 14.1. The second-order valence-electron chi connectivity index (χ2n) is 10.9. The number of hydrogen-bond acceptors (Lipinski definition) is 7. The van der Waals surface area contributed by atoms with E-state index in [0.717, 1.165) is 68.6 Å². The van der Waals surface area contributed by atoms with Crippen molar-refractivity contribution in [1.29, 1.82) is 0 Å². The topological polar surface area (TPSA) is 113 Å². The van der Waals surface area contributed by atoms with Crippen LogP contribution in [0.25, 0.3) is 0 Å². The lowest BCUT2D eigenvalue weighted by Crippen LogP contribution is -2.56. The molecule has 1 aliphatic carbocycles. The van der Waals surface area contributed by atoms with Gasteiger partial charge in [-0.15, -0.1) is 0 Å². The number of nitrogens with one attached hydrogen (secondary N) is 2. The summed E-state index contributed by atoms with van der Waals surface area (Å²) < 4.78 is 38.2. The Bertz CT molecular complexity index is 1350. The average Bonchev–Trinajstić information content (AvgIpc) is 3.47. The lowest BCUT2D eigenvalue weighted by atomic mass is 9.92. The Balaban J connectivity index is 1.31. The number of imide groups is 1. The van der Waals surface area contributed by atoms with Crippen molar-refractivity contribution in [2.75, 3.05) is 33.9 Å². The fourth-order valence-electron chi connectivity index (χ4n) is 6.32. The van der Waals surface area contributed by atoms with Crippen LogP contribution in [0.15, 0.2) is 53.9 Å². The summed E-state index contributed by atoms with van der Waals surface area (Å²) in [5.74, 6) is -2.69. The van der Waals surface area contributed by atoms with Gasteiger partial charge in [0.1, 0.15) is 6.04 Å². The van der Waals surface area contributed by atoms with Gasteiger partial charge in [0.2, 0.25) is 0 Å². The monoisotopic (exact) mass is 583 g/mol. The average molecular weight is 584 g/mol. The molecule has 3 aliphatic rings. The minimum atomic E-state index is -1.37. The van der Waals surface area contributed by atoms with Gasteiger partial charge in [-0.2, -0.15) is 0 Å². The van der Waals surface area contributed by atoms with E-state index in [4.69, 9.17) is 9.47 Å². The van der Waals surface area contributed by atoms with Gasteiger partial charge in [0.05, 0.1) is 25.0 Å². The van der Waals surface area contributed by atoms with Gasteiger partial charge < -0.3 is 25.0 Å². The molecule has 2 aromatic rings. The summed E-state index contributed by atoms with van der Waals surface area (Å²) in [4.78, 5) is 47.6. The number of methoxy groups -OCH3 is 2. The first-order chi connectivity index (χ1) is 20.3. The molecule has 1 saturated carbocycles. The van der Waals surface area contributed by atoms with E-state index in [-0.39, 0.29) is 35.5 Å². The van der Waals surface area contributed by atoms with Gasteiger partial charge in [-0.1, -0.05) is 12.1 Å². The van der Waals surface area contributed by atoms with Gasteiger partial charge in [0.15, 0.2) is 11.6 Å². The quantitative estimate of drug-likeness (QED) is 0.474. The first kappa shape index (κ1) is 29.6. The number of nitrogens with zero attached hydrogens (tertiary/aromatic N) is 3. The molecule has 4 amide bonds. The Morgan fingerprint density at radius 3 is 2.52 bits per heavy atom. The number of aromatic nitrogens is 1. The van der Waals surface area contributed by atoms with Crippen LogP contribution in [-0.2, 0) is 14.3 Å². The van der Waals surface area contributed by atoms with Crippen molar-refractivity contribution in [2.45, 2.75) is 56.1 Å². The highest BCUT2D eigenvalue weighted by Crippen LogP contribution is 2.36. The molecule has 5 rings (SSSR count). The van der Waals surface area contributed by atoms with E-state index < -0.39 is 35.7 Å². The van der Waals surface area contributed by atoms with Crippen molar-refractivity contribution < 1.29 is 32.6 Å². The standard InChI is InChI=1S/C30H35F2N5O5/c1-41-17-25-26(28(38)42-2)27(19-6-9-22(31)23(32)15-19)37(30(40)35-25)29(39)34-20-7-8-21(16-20)36-13-10-18(11-14-36)24-5-3-4-12-33-24/h3-6,9,12,15,18,20-21,27H,7-8,10-11,13-14,16-17H2,1-2H3,(H,34,39)(H,35,40)/t20-,21-,27+/m1/s1. The Kier molecular flexibility index (Phi) is 9.12. The second kappa shape index (κ2) is 13.0. The van der Waals surface area contributed by atoms with Crippen molar-refractivity contribution >= 4 is 18.0 Å². The molecule has 0 radical (unpaired) electrons. The molecule has 1 aromatic heterocycles. The number of benzene rings is 1. The number of halogens is 2. The molecule has 2 fully saturated rings. The van der Waals surface area contributed by atoms with Gasteiger partial charge in [-0.3, -0.25) is 4.98 Å². The summed E-state index contributed by atoms with van der Waals surface area (Å²) in [5, 5.41) is 5.49. The molecule has 0 unspecified atom stereocenters. The maximum absolute atomic E-state index is 14.3. The maximum Gasteiger partial charge on any atom is 0.338 e. The number of carbonyl (C=O) groups excluding carboxylic acids is 3. The number of likely N-dealkylation sites (tertiary alicyclic amines) is 1. The fourth-order valence-corrected chi connectivity index (χ4v) is 6.32. The third-order valence-electron chi connectivity index (χ3n) is 8.39. The zero-order chi connectivity index (χ0) is 29.8. The van der Waals surface area contributed by atoms with Crippen LogP contribution >= 0.6 is 0 Å². The minimum absolute atomic E-state index is 0.0352. The van der Waals surface area contributed by atoms with E-state index in [1.807, 2.05) is 18.3 Å². The number of ether oxygens (including phenoxy) is 2. The van der Waals surface area contributed by atoms with Gasteiger partial charge in [-0.25, -0.2) is 28.1 Å². The third kappa shape index (κ3) is 6.14. The normalized spacial score (nSPS) is 23.6. The number of carbonyl (C=O) groups is 3. The van der Waals surface area contributed by atoms with E-state index in [1.165, 1.54) is 13.2 Å². The highest BCUT2D eigenvalue weighted by Gasteiger charge is 2.44. The predicted molar refractivity (Wildman–Crippen MR) is 148 cm³/mol. The van der Waals surface area contributed by atoms with Gasteiger partial charge in [0, 0.05) is 37.0 Å². The molecule has 3 heterocycles. The van der Waals surface area contributed by atoms with Crippen LogP contribution in [0.2, 0.25) is 0 Å². The molecular formula is C30H35F2N5O5. The molecular weight excluding hydrogens is 548 g/mol. The molecule has 2 N–H and O–H groups in total. The summed E-state index contributed by atoms with van der Waals surface area (Å²) in [6.07, 6.45) is 6.18. The van der Waals surface area contributed by atoms with E-state index >= 15 is 0 Å². The largest absolute Gasteiger partial charge is 0.466 e. The van der Waals surface area contributed by atoms with Crippen LogP contribution in [0.4, 0.5) is 18.4 Å². The van der Waals surface area contributed by atoms with Gasteiger partial charge >= 0.3 is 18.0 Å². The summed E-state index contributed by atoms with van der Waals surface area (Å²) in [7, 11) is 2.53. The van der Waals surface area contributed by atoms with Crippen LogP contribution in [0, 0.1) is 11.6 Å². The van der Waals surface area contributed by atoms with Crippen LogP contribution in [0.1, 0.15) is 55.3 Å². The summed E-state index contributed by atoms with van der Waals surface area (Å²) in [6.45, 7) is 1.71. The fraction of sp³-hybridized carbons (Fsp3) is 0.467. The van der Waals surface area contributed by atoms with Crippen LogP contribution in [-0.4, -0.2) is 78.8 Å².